The minimum atomic E-state index is -0.0433. The van der Waals surface area contributed by atoms with Crippen molar-refractivity contribution >= 4 is 55.3 Å². The van der Waals surface area contributed by atoms with Crippen LogP contribution in [-0.4, -0.2) is 4.57 Å². The van der Waals surface area contributed by atoms with Crippen molar-refractivity contribution in [2.75, 3.05) is 4.90 Å². The maximum atomic E-state index is 2.49. The standard InChI is InChI=1S/C55H42N2/c1-55(2)50-20-12-11-19-47(50)48-36-45(31-32-51(48)55)56(43-27-21-38(22-28-43)37-13-5-3-6-14-37)44-29-23-39(24-30-44)41-26-33-52-49(35-41)54-46-18-10-9-15-40(46)25-34-53(54)57(52)42-16-7-4-8-17-42/h3-7,9-16,18-36H,8,17H2,1-2H3. The van der Waals surface area contributed by atoms with Crippen LogP contribution in [0.5, 0.6) is 0 Å². The molecule has 0 radical (unpaired) electrons. The Hall–Kier alpha value is -6.90. The molecule has 0 aliphatic heterocycles. The number of benzene rings is 8. The zero-order valence-electron chi connectivity index (χ0n) is 32.3. The molecule has 0 bridgehead atoms. The number of fused-ring (bicyclic) bond motifs is 8. The van der Waals surface area contributed by atoms with Crippen molar-refractivity contribution in [2.45, 2.75) is 32.1 Å². The van der Waals surface area contributed by atoms with Gasteiger partial charge in [0.1, 0.15) is 0 Å². The van der Waals surface area contributed by atoms with Crippen molar-refractivity contribution in [3.05, 3.63) is 205 Å². The summed E-state index contributed by atoms with van der Waals surface area (Å²) in [5.41, 5.74) is 17.5. The predicted molar refractivity (Wildman–Crippen MR) is 243 cm³/mol. The number of anilines is 3. The number of aromatic nitrogens is 1. The lowest BCUT2D eigenvalue weighted by atomic mass is 9.82. The molecule has 0 N–H and O–H groups in total. The van der Waals surface area contributed by atoms with Crippen LogP contribution in [0.1, 0.15) is 37.8 Å². The van der Waals surface area contributed by atoms with Gasteiger partial charge in [0.05, 0.1) is 11.0 Å². The van der Waals surface area contributed by atoms with E-state index in [0.29, 0.717) is 0 Å². The summed E-state index contributed by atoms with van der Waals surface area (Å²) in [4.78, 5) is 2.40. The van der Waals surface area contributed by atoms with Crippen molar-refractivity contribution in [3.63, 3.8) is 0 Å². The van der Waals surface area contributed by atoms with Crippen molar-refractivity contribution < 1.29 is 0 Å². The van der Waals surface area contributed by atoms with E-state index in [2.05, 4.69) is 217 Å². The molecule has 2 aliphatic carbocycles. The van der Waals surface area contributed by atoms with Gasteiger partial charge in [-0.15, -0.1) is 0 Å². The first-order chi connectivity index (χ1) is 28.0. The quantitative estimate of drug-likeness (QED) is 0.165. The monoisotopic (exact) mass is 730 g/mol. The van der Waals surface area contributed by atoms with E-state index in [1.807, 2.05) is 0 Å². The van der Waals surface area contributed by atoms with Crippen LogP contribution in [0.25, 0.3) is 71.7 Å². The Bertz CT molecular complexity index is 3070. The van der Waals surface area contributed by atoms with Gasteiger partial charge in [0.2, 0.25) is 0 Å². The minimum Gasteiger partial charge on any atom is -0.313 e. The van der Waals surface area contributed by atoms with Gasteiger partial charge in [-0.1, -0.05) is 147 Å². The molecule has 0 fully saturated rings. The Labute approximate surface area is 334 Å². The van der Waals surface area contributed by atoms with Gasteiger partial charge in [0.25, 0.3) is 0 Å². The topological polar surface area (TPSA) is 8.17 Å². The van der Waals surface area contributed by atoms with Crippen LogP contribution < -0.4 is 4.90 Å². The maximum absolute atomic E-state index is 2.49. The largest absolute Gasteiger partial charge is 0.313 e. The Morgan fingerprint density at radius 1 is 0.491 bits per heavy atom. The normalized spacial score (nSPS) is 14.2. The Kier molecular flexibility index (Phi) is 7.69. The Morgan fingerprint density at radius 3 is 1.89 bits per heavy atom. The van der Waals surface area contributed by atoms with Crippen molar-refractivity contribution in [3.8, 4) is 33.4 Å². The van der Waals surface area contributed by atoms with Crippen LogP contribution in [0.3, 0.4) is 0 Å². The third-order valence-electron chi connectivity index (χ3n) is 12.5. The molecule has 9 aromatic rings. The third kappa shape index (κ3) is 5.39. The van der Waals surface area contributed by atoms with E-state index in [1.165, 1.54) is 82.8 Å². The lowest BCUT2D eigenvalue weighted by Crippen LogP contribution is -2.15. The van der Waals surface area contributed by atoms with Crippen LogP contribution >= 0.6 is 0 Å². The predicted octanol–water partition coefficient (Wildman–Crippen LogP) is 15.2. The van der Waals surface area contributed by atoms with E-state index < -0.39 is 0 Å². The number of hydrogen-bond donors (Lipinski definition) is 0. The van der Waals surface area contributed by atoms with Crippen molar-refractivity contribution in [1.82, 2.24) is 4.57 Å². The van der Waals surface area contributed by atoms with Crippen LogP contribution in [0.15, 0.2) is 194 Å². The number of hydrogen-bond acceptors (Lipinski definition) is 1. The molecular formula is C55H42N2. The van der Waals surface area contributed by atoms with Crippen LogP contribution in [-0.2, 0) is 5.41 Å². The zero-order valence-corrected chi connectivity index (χ0v) is 32.3. The van der Waals surface area contributed by atoms with E-state index in [4.69, 9.17) is 0 Å². The molecule has 0 saturated heterocycles. The molecule has 8 aromatic carbocycles. The Morgan fingerprint density at radius 2 is 1.12 bits per heavy atom. The van der Waals surface area contributed by atoms with Gasteiger partial charge in [-0.3, -0.25) is 0 Å². The smallest absolute Gasteiger partial charge is 0.0544 e. The Balaban J connectivity index is 1.03. The van der Waals surface area contributed by atoms with E-state index in [-0.39, 0.29) is 5.41 Å². The highest BCUT2D eigenvalue weighted by molar-refractivity contribution is 6.22. The highest BCUT2D eigenvalue weighted by Crippen LogP contribution is 2.51. The first-order valence-electron chi connectivity index (χ1n) is 20.2. The van der Waals surface area contributed by atoms with Crippen molar-refractivity contribution in [2.24, 2.45) is 0 Å². The number of nitrogens with zero attached hydrogens (tertiary/aromatic N) is 2. The molecule has 0 atom stereocenters. The van der Waals surface area contributed by atoms with Crippen LogP contribution in [0.4, 0.5) is 17.1 Å². The zero-order chi connectivity index (χ0) is 38.1. The molecule has 2 heteroatoms. The summed E-state index contributed by atoms with van der Waals surface area (Å²) in [6.07, 6.45) is 8.85. The summed E-state index contributed by atoms with van der Waals surface area (Å²) in [6.45, 7) is 4.69. The molecule has 11 rings (SSSR count). The van der Waals surface area contributed by atoms with Crippen molar-refractivity contribution in [1.29, 1.82) is 0 Å². The summed E-state index contributed by atoms with van der Waals surface area (Å²) in [5.74, 6) is 0. The molecule has 0 spiro atoms. The van der Waals surface area contributed by atoms with Gasteiger partial charge in [-0.2, -0.15) is 0 Å². The molecule has 0 unspecified atom stereocenters. The summed E-state index contributed by atoms with van der Waals surface area (Å²) in [5, 5.41) is 5.18. The average molecular weight is 731 g/mol. The lowest BCUT2D eigenvalue weighted by Gasteiger charge is -2.27. The minimum absolute atomic E-state index is 0.0433. The highest BCUT2D eigenvalue weighted by Gasteiger charge is 2.35. The molecule has 1 aromatic heterocycles. The molecule has 2 nitrogen and oxygen atoms in total. The lowest BCUT2D eigenvalue weighted by molar-refractivity contribution is 0.660. The summed E-state index contributed by atoms with van der Waals surface area (Å²) in [7, 11) is 0. The van der Waals surface area contributed by atoms with Crippen LogP contribution in [0.2, 0.25) is 0 Å². The molecule has 2 aliphatic rings. The molecule has 57 heavy (non-hydrogen) atoms. The molecule has 0 saturated carbocycles. The highest BCUT2D eigenvalue weighted by atomic mass is 15.1. The second-order valence-electron chi connectivity index (χ2n) is 16.1. The molecule has 1 heterocycles. The van der Waals surface area contributed by atoms with Gasteiger partial charge < -0.3 is 9.47 Å². The van der Waals surface area contributed by atoms with E-state index in [9.17, 15) is 0 Å². The molecule has 0 amide bonds. The van der Waals surface area contributed by atoms with Gasteiger partial charge in [0, 0.05) is 38.9 Å². The fraction of sp³-hybridized carbons (Fsp3) is 0.0909. The van der Waals surface area contributed by atoms with Crippen LogP contribution in [0, 0.1) is 0 Å². The number of allylic oxidation sites excluding steroid dienone is 4. The summed E-state index contributed by atoms with van der Waals surface area (Å²) in [6, 6.07) is 65.1. The fourth-order valence-corrected chi connectivity index (χ4v) is 9.59. The fourth-order valence-electron chi connectivity index (χ4n) is 9.59. The third-order valence-corrected chi connectivity index (χ3v) is 12.5. The van der Waals surface area contributed by atoms with Gasteiger partial charge in [-0.25, -0.2) is 0 Å². The van der Waals surface area contributed by atoms with E-state index in [0.717, 1.165) is 29.9 Å². The second kappa shape index (κ2) is 13.1. The maximum Gasteiger partial charge on any atom is 0.0544 e. The number of rotatable bonds is 6. The van der Waals surface area contributed by atoms with Gasteiger partial charge >= 0.3 is 0 Å². The summed E-state index contributed by atoms with van der Waals surface area (Å²) < 4.78 is 2.49. The van der Waals surface area contributed by atoms with E-state index >= 15 is 0 Å². The summed E-state index contributed by atoms with van der Waals surface area (Å²) >= 11 is 0. The van der Waals surface area contributed by atoms with E-state index in [1.54, 1.807) is 0 Å². The van der Waals surface area contributed by atoms with Gasteiger partial charge in [-0.05, 0) is 129 Å². The average Bonchev–Trinajstić information content (AvgIpc) is 3.73. The molecule has 272 valence electrons. The second-order valence-corrected chi connectivity index (χ2v) is 16.1. The first kappa shape index (κ1) is 33.4. The first-order valence-corrected chi connectivity index (χ1v) is 20.2. The van der Waals surface area contributed by atoms with Gasteiger partial charge in [0.15, 0.2) is 0 Å². The SMILES string of the molecule is CC1(C)c2ccccc2-c2cc(N(c3ccc(-c4ccccc4)cc3)c3ccc(-c4ccc5c(c4)c4c6ccccc6ccc4n5C4=CC=CCC4)cc3)ccc21. The molecular weight excluding hydrogens is 689 g/mol.